The average molecular weight is 624 g/mol. The molecule has 0 atom stereocenters. The highest BCUT2D eigenvalue weighted by molar-refractivity contribution is 6.14. The fraction of sp³-hybridized carbons (Fsp3) is 0. The van der Waals surface area contributed by atoms with E-state index in [0.717, 1.165) is 49.9 Å². The van der Waals surface area contributed by atoms with Gasteiger partial charge in [0.25, 0.3) is 0 Å². The maximum atomic E-state index is 5.32. The number of fused-ring (bicyclic) bond motifs is 6. The summed E-state index contributed by atoms with van der Waals surface area (Å²) in [6.07, 6.45) is 0. The molecule has 49 heavy (non-hydrogen) atoms. The molecule has 0 saturated carbocycles. The van der Waals surface area contributed by atoms with Gasteiger partial charge in [-0.3, -0.25) is 0 Å². The molecule has 8 aromatic carbocycles. The fourth-order valence-electron chi connectivity index (χ4n) is 7.40. The van der Waals surface area contributed by atoms with E-state index in [-0.39, 0.29) is 0 Å². The molecular formula is C46H29N3. The number of hydrogen-bond acceptors (Lipinski definition) is 2. The molecule has 0 spiro atoms. The lowest BCUT2D eigenvalue weighted by molar-refractivity contribution is 1.19. The summed E-state index contributed by atoms with van der Waals surface area (Å²) in [6, 6.07) is 62.6. The molecule has 0 aliphatic rings. The molecule has 0 unspecified atom stereocenters. The maximum Gasteiger partial charge on any atom is 0.160 e. The summed E-state index contributed by atoms with van der Waals surface area (Å²) in [4.78, 5) is 10.6. The van der Waals surface area contributed by atoms with Crippen LogP contribution in [0.1, 0.15) is 0 Å². The molecule has 3 nitrogen and oxygen atoms in total. The van der Waals surface area contributed by atoms with Crippen molar-refractivity contribution in [3.63, 3.8) is 0 Å². The zero-order valence-electron chi connectivity index (χ0n) is 26.6. The maximum absolute atomic E-state index is 5.32. The van der Waals surface area contributed by atoms with Crippen molar-refractivity contribution in [3.8, 4) is 39.5 Å². The molecule has 2 aromatic heterocycles. The number of para-hydroxylation sites is 1. The minimum atomic E-state index is 0.704. The van der Waals surface area contributed by atoms with Crippen LogP contribution in [0.2, 0.25) is 0 Å². The van der Waals surface area contributed by atoms with E-state index in [4.69, 9.17) is 9.97 Å². The fourth-order valence-corrected chi connectivity index (χ4v) is 7.40. The molecule has 0 fully saturated rings. The topological polar surface area (TPSA) is 30.7 Å². The second-order valence-electron chi connectivity index (χ2n) is 12.6. The lowest BCUT2D eigenvalue weighted by atomic mass is 10.00. The predicted molar refractivity (Wildman–Crippen MR) is 205 cm³/mol. The summed E-state index contributed by atoms with van der Waals surface area (Å²) >= 11 is 0. The first-order valence-electron chi connectivity index (χ1n) is 16.7. The van der Waals surface area contributed by atoms with Crippen LogP contribution in [0.5, 0.6) is 0 Å². The van der Waals surface area contributed by atoms with E-state index in [0.29, 0.717) is 5.82 Å². The first kappa shape index (κ1) is 27.5. The molecule has 2 heterocycles. The number of benzene rings is 8. The van der Waals surface area contributed by atoms with Crippen molar-refractivity contribution in [1.29, 1.82) is 0 Å². The Bertz CT molecular complexity index is 2870. The zero-order chi connectivity index (χ0) is 32.3. The van der Waals surface area contributed by atoms with Gasteiger partial charge in [0, 0.05) is 32.7 Å². The third kappa shape index (κ3) is 4.51. The Balaban J connectivity index is 1.27. The molecule has 3 heteroatoms. The largest absolute Gasteiger partial charge is 0.309 e. The summed E-state index contributed by atoms with van der Waals surface area (Å²) in [6.45, 7) is 0. The van der Waals surface area contributed by atoms with E-state index < -0.39 is 0 Å². The molecular weight excluding hydrogens is 595 g/mol. The molecule has 0 saturated heterocycles. The summed E-state index contributed by atoms with van der Waals surface area (Å²) in [5.41, 5.74) is 9.65. The van der Waals surface area contributed by atoms with Crippen molar-refractivity contribution in [3.05, 3.63) is 176 Å². The molecule has 0 bridgehead atoms. The van der Waals surface area contributed by atoms with Crippen molar-refractivity contribution in [2.75, 3.05) is 0 Å². The Hall–Kier alpha value is -6.58. The van der Waals surface area contributed by atoms with Gasteiger partial charge in [-0.05, 0) is 69.8 Å². The van der Waals surface area contributed by atoms with Gasteiger partial charge in [-0.1, -0.05) is 133 Å². The van der Waals surface area contributed by atoms with Crippen LogP contribution in [0, 0.1) is 0 Å². The van der Waals surface area contributed by atoms with Gasteiger partial charge in [-0.15, -0.1) is 0 Å². The monoisotopic (exact) mass is 623 g/mol. The van der Waals surface area contributed by atoms with E-state index in [1.807, 2.05) is 6.07 Å². The van der Waals surface area contributed by atoms with Crippen molar-refractivity contribution in [1.82, 2.24) is 14.5 Å². The lowest BCUT2D eigenvalue weighted by Gasteiger charge is -2.15. The average Bonchev–Trinajstić information content (AvgIpc) is 3.49. The summed E-state index contributed by atoms with van der Waals surface area (Å²) in [5.74, 6) is 0.704. The van der Waals surface area contributed by atoms with Crippen LogP contribution < -0.4 is 0 Å². The molecule has 228 valence electrons. The first-order chi connectivity index (χ1) is 24.3. The Morgan fingerprint density at radius 2 is 1.00 bits per heavy atom. The molecule has 10 aromatic rings. The van der Waals surface area contributed by atoms with E-state index in [1.165, 1.54) is 38.0 Å². The number of aromatic nitrogens is 3. The number of rotatable bonds is 4. The van der Waals surface area contributed by atoms with E-state index in [2.05, 4.69) is 174 Å². The summed E-state index contributed by atoms with van der Waals surface area (Å²) < 4.78 is 2.43. The summed E-state index contributed by atoms with van der Waals surface area (Å²) in [7, 11) is 0. The Morgan fingerprint density at radius 1 is 0.347 bits per heavy atom. The first-order valence-corrected chi connectivity index (χ1v) is 16.7. The van der Waals surface area contributed by atoms with Gasteiger partial charge < -0.3 is 4.57 Å². The molecule has 10 rings (SSSR count). The van der Waals surface area contributed by atoms with Crippen molar-refractivity contribution >= 4 is 54.3 Å². The highest BCUT2D eigenvalue weighted by atomic mass is 15.0. The van der Waals surface area contributed by atoms with E-state index in [1.54, 1.807) is 0 Å². The quantitative estimate of drug-likeness (QED) is 0.195. The van der Waals surface area contributed by atoms with Gasteiger partial charge in [-0.25, -0.2) is 9.97 Å². The second kappa shape index (κ2) is 11.0. The molecule has 0 N–H and O–H groups in total. The Labute approximate surface area is 283 Å². The molecule has 0 aliphatic carbocycles. The van der Waals surface area contributed by atoms with Crippen LogP contribution in [0.15, 0.2) is 176 Å². The standard InChI is InChI=1S/C46H29N3/c1-3-13-30(14-4-1)34-23-24-39-41(27-34)47-46(48-45(39)31-15-5-2-6-16-31)36-25-35-19-9-10-20-37(35)43(29-36)49-42-22-12-11-21-38(42)40-26-32-17-7-8-18-33(32)28-44(40)49/h1-29H. The van der Waals surface area contributed by atoms with Crippen LogP contribution >= 0.6 is 0 Å². The minimum absolute atomic E-state index is 0.704. The normalized spacial score (nSPS) is 11.7. The third-order valence-electron chi connectivity index (χ3n) is 9.73. The zero-order valence-corrected chi connectivity index (χ0v) is 26.6. The minimum Gasteiger partial charge on any atom is -0.309 e. The van der Waals surface area contributed by atoms with Crippen LogP contribution in [-0.4, -0.2) is 14.5 Å². The summed E-state index contributed by atoms with van der Waals surface area (Å²) in [5, 5.41) is 8.29. The van der Waals surface area contributed by atoms with Gasteiger partial charge in [0.1, 0.15) is 0 Å². The SMILES string of the molecule is c1ccc(-c2ccc3c(-c4ccccc4)nc(-c4cc(-n5c6ccccc6c6cc7ccccc7cc65)c5ccccc5c4)nc3c2)cc1. The van der Waals surface area contributed by atoms with E-state index >= 15 is 0 Å². The molecule has 0 aliphatic heterocycles. The van der Waals surface area contributed by atoms with Crippen LogP contribution in [0.4, 0.5) is 0 Å². The second-order valence-corrected chi connectivity index (χ2v) is 12.6. The van der Waals surface area contributed by atoms with Gasteiger partial charge in [0.05, 0.1) is 27.9 Å². The van der Waals surface area contributed by atoms with Gasteiger partial charge >= 0.3 is 0 Å². The molecule has 0 amide bonds. The van der Waals surface area contributed by atoms with Crippen LogP contribution in [0.25, 0.3) is 93.7 Å². The Morgan fingerprint density at radius 3 is 1.80 bits per heavy atom. The molecule has 0 radical (unpaired) electrons. The third-order valence-corrected chi connectivity index (χ3v) is 9.73. The lowest BCUT2D eigenvalue weighted by Crippen LogP contribution is -1.99. The van der Waals surface area contributed by atoms with Crippen molar-refractivity contribution in [2.24, 2.45) is 0 Å². The highest BCUT2D eigenvalue weighted by Crippen LogP contribution is 2.39. The van der Waals surface area contributed by atoms with Gasteiger partial charge in [-0.2, -0.15) is 0 Å². The van der Waals surface area contributed by atoms with Crippen molar-refractivity contribution in [2.45, 2.75) is 0 Å². The van der Waals surface area contributed by atoms with Crippen molar-refractivity contribution < 1.29 is 0 Å². The van der Waals surface area contributed by atoms with Crippen LogP contribution in [-0.2, 0) is 0 Å². The van der Waals surface area contributed by atoms with Crippen LogP contribution in [0.3, 0.4) is 0 Å². The van der Waals surface area contributed by atoms with E-state index in [9.17, 15) is 0 Å². The number of hydrogen-bond donors (Lipinski definition) is 0. The van der Waals surface area contributed by atoms with Gasteiger partial charge in [0.15, 0.2) is 5.82 Å². The number of nitrogens with zero attached hydrogens (tertiary/aromatic N) is 3. The van der Waals surface area contributed by atoms with Gasteiger partial charge in [0.2, 0.25) is 0 Å². The highest BCUT2D eigenvalue weighted by Gasteiger charge is 2.18. The predicted octanol–water partition coefficient (Wildman–Crippen LogP) is 12.0. The Kier molecular flexibility index (Phi) is 6.18. The smallest absolute Gasteiger partial charge is 0.160 e.